The number of benzene rings is 2. The fraction of sp³-hybridized carbons (Fsp3) is 0.278. The highest BCUT2D eigenvalue weighted by Crippen LogP contribution is 2.19. The van der Waals surface area contributed by atoms with Crippen molar-refractivity contribution in [2.45, 2.75) is 19.6 Å². The van der Waals surface area contributed by atoms with E-state index in [0.29, 0.717) is 30.1 Å². The molecule has 0 saturated carbocycles. The van der Waals surface area contributed by atoms with Crippen molar-refractivity contribution in [3.05, 3.63) is 65.5 Å². The maximum atomic E-state index is 13.6. The van der Waals surface area contributed by atoms with Crippen LogP contribution in [0.3, 0.4) is 0 Å². The van der Waals surface area contributed by atoms with Crippen LogP contribution in [0.1, 0.15) is 11.1 Å². The first-order valence-corrected chi connectivity index (χ1v) is 7.80. The van der Waals surface area contributed by atoms with Crippen molar-refractivity contribution in [3.63, 3.8) is 0 Å². The van der Waals surface area contributed by atoms with Gasteiger partial charge in [0.15, 0.2) is 5.96 Å². The van der Waals surface area contributed by atoms with E-state index >= 15 is 0 Å². The van der Waals surface area contributed by atoms with E-state index in [0.717, 1.165) is 0 Å². The fourth-order valence-corrected chi connectivity index (χ4v) is 2.28. The smallest absolute Gasteiger partial charge is 0.387 e. The van der Waals surface area contributed by atoms with E-state index in [1.807, 2.05) is 0 Å². The molecule has 0 unspecified atom stereocenters. The molecule has 2 rings (SSSR count). The Labute approximate surface area is 144 Å². The van der Waals surface area contributed by atoms with Crippen LogP contribution in [0.15, 0.2) is 53.5 Å². The Kier molecular flexibility index (Phi) is 7.13. The number of halogens is 3. The summed E-state index contributed by atoms with van der Waals surface area (Å²) in [4.78, 5) is 4.06. The molecule has 2 aromatic rings. The zero-order valence-electron chi connectivity index (χ0n) is 13.8. The molecule has 0 heterocycles. The van der Waals surface area contributed by atoms with E-state index in [1.165, 1.54) is 12.1 Å². The van der Waals surface area contributed by atoms with Gasteiger partial charge in [-0.2, -0.15) is 8.78 Å². The number of rotatable bonds is 7. The van der Waals surface area contributed by atoms with Crippen molar-refractivity contribution in [1.82, 2.24) is 10.6 Å². The Hall–Kier alpha value is -2.70. The number of ether oxygens (including phenoxy) is 1. The zero-order chi connectivity index (χ0) is 18.1. The molecule has 0 bridgehead atoms. The number of hydrogen-bond donors (Lipinski definition) is 2. The number of aliphatic imine (C=N–C) groups is 1. The van der Waals surface area contributed by atoms with Gasteiger partial charge >= 0.3 is 6.61 Å². The summed E-state index contributed by atoms with van der Waals surface area (Å²) in [5.74, 6) is 0.361. The molecule has 7 heteroatoms. The minimum Gasteiger partial charge on any atom is -0.434 e. The van der Waals surface area contributed by atoms with Gasteiger partial charge in [0, 0.05) is 25.7 Å². The molecule has 0 aromatic heterocycles. The number of para-hydroxylation sites is 1. The Morgan fingerprint density at radius 2 is 1.72 bits per heavy atom. The van der Waals surface area contributed by atoms with Crippen LogP contribution in [-0.2, 0) is 13.0 Å². The molecule has 2 aromatic carbocycles. The average molecular weight is 351 g/mol. The van der Waals surface area contributed by atoms with Crippen molar-refractivity contribution in [1.29, 1.82) is 0 Å². The molecule has 0 atom stereocenters. The number of nitrogens with one attached hydrogen (secondary N) is 2. The zero-order valence-corrected chi connectivity index (χ0v) is 13.8. The average Bonchev–Trinajstić information content (AvgIpc) is 2.60. The highest BCUT2D eigenvalue weighted by atomic mass is 19.3. The standard InChI is InChI=1S/C18H20F3N3O/c1-22-18(23-11-10-13-6-2-4-8-15(13)19)24-12-14-7-3-5-9-16(14)25-17(20)21/h2-9,17H,10-12H2,1H3,(H2,22,23,24). The summed E-state index contributed by atoms with van der Waals surface area (Å²) < 4.78 is 42.9. The van der Waals surface area contributed by atoms with E-state index in [2.05, 4.69) is 20.4 Å². The Balaban J connectivity index is 1.86. The third-order valence-corrected chi connectivity index (χ3v) is 3.50. The molecule has 4 nitrogen and oxygen atoms in total. The van der Waals surface area contributed by atoms with Gasteiger partial charge in [0.05, 0.1) is 0 Å². The van der Waals surface area contributed by atoms with Crippen molar-refractivity contribution >= 4 is 5.96 Å². The van der Waals surface area contributed by atoms with Crippen molar-refractivity contribution in [3.8, 4) is 5.75 Å². The lowest BCUT2D eigenvalue weighted by Crippen LogP contribution is -2.38. The molecule has 0 aliphatic rings. The predicted octanol–water partition coefficient (Wildman–Crippen LogP) is 3.33. The van der Waals surface area contributed by atoms with Gasteiger partial charge in [-0.25, -0.2) is 4.39 Å². The first-order chi connectivity index (χ1) is 12.1. The van der Waals surface area contributed by atoms with Gasteiger partial charge in [-0.15, -0.1) is 0 Å². The van der Waals surface area contributed by atoms with Gasteiger partial charge in [-0.05, 0) is 24.1 Å². The van der Waals surface area contributed by atoms with Gasteiger partial charge < -0.3 is 15.4 Å². The minimum absolute atomic E-state index is 0.117. The lowest BCUT2D eigenvalue weighted by atomic mass is 10.1. The van der Waals surface area contributed by atoms with Gasteiger partial charge in [-0.1, -0.05) is 36.4 Å². The predicted molar refractivity (Wildman–Crippen MR) is 91.4 cm³/mol. The SMILES string of the molecule is CN=C(NCCc1ccccc1F)NCc1ccccc1OC(F)F. The van der Waals surface area contributed by atoms with E-state index in [9.17, 15) is 13.2 Å². The van der Waals surface area contributed by atoms with E-state index < -0.39 is 6.61 Å². The van der Waals surface area contributed by atoms with Crippen LogP contribution in [0, 0.1) is 5.82 Å². The van der Waals surface area contributed by atoms with E-state index in [-0.39, 0.29) is 18.1 Å². The minimum atomic E-state index is -2.88. The van der Waals surface area contributed by atoms with Crippen molar-refractivity contribution < 1.29 is 17.9 Å². The molecule has 0 radical (unpaired) electrons. The summed E-state index contributed by atoms with van der Waals surface area (Å²) >= 11 is 0. The third kappa shape index (κ3) is 6.02. The molecular formula is C18H20F3N3O. The lowest BCUT2D eigenvalue weighted by Gasteiger charge is -2.14. The Bertz CT molecular complexity index is 707. The molecular weight excluding hydrogens is 331 g/mol. The summed E-state index contributed by atoms with van der Waals surface area (Å²) in [6, 6.07) is 13.1. The summed E-state index contributed by atoms with van der Waals surface area (Å²) in [5.41, 5.74) is 1.20. The van der Waals surface area contributed by atoms with Crippen molar-refractivity contribution in [2.24, 2.45) is 4.99 Å². The van der Waals surface area contributed by atoms with E-state index in [4.69, 9.17) is 0 Å². The number of alkyl halides is 2. The monoisotopic (exact) mass is 351 g/mol. The highest BCUT2D eigenvalue weighted by Gasteiger charge is 2.09. The molecule has 25 heavy (non-hydrogen) atoms. The first-order valence-electron chi connectivity index (χ1n) is 7.80. The van der Waals surface area contributed by atoms with Crippen LogP contribution in [-0.4, -0.2) is 26.2 Å². The summed E-state index contributed by atoms with van der Waals surface area (Å²) in [7, 11) is 1.60. The number of guanidine groups is 1. The molecule has 0 spiro atoms. The first kappa shape index (κ1) is 18.6. The summed E-state index contributed by atoms with van der Waals surface area (Å²) in [6.07, 6.45) is 0.498. The largest absolute Gasteiger partial charge is 0.434 e. The molecule has 0 aliphatic heterocycles. The Morgan fingerprint density at radius 3 is 2.40 bits per heavy atom. The highest BCUT2D eigenvalue weighted by molar-refractivity contribution is 5.79. The lowest BCUT2D eigenvalue weighted by molar-refractivity contribution is -0.0504. The Morgan fingerprint density at radius 1 is 1.04 bits per heavy atom. The van der Waals surface area contributed by atoms with Gasteiger partial charge in [0.2, 0.25) is 0 Å². The van der Waals surface area contributed by atoms with Gasteiger partial charge in [0.1, 0.15) is 11.6 Å². The molecule has 2 N–H and O–H groups in total. The molecule has 134 valence electrons. The summed E-state index contributed by atoms with van der Waals surface area (Å²) in [5, 5.41) is 6.08. The molecule has 0 fully saturated rings. The van der Waals surface area contributed by atoms with Crippen LogP contribution in [0.25, 0.3) is 0 Å². The second-order valence-corrected chi connectivity index (χ2v) is 5.18. The topological polar surface area (TPSA) is 45.7 Å². The van der Waals surface area contributed by atoms with Gasteiger partial charge in [0.25, 0.3) is 0 Å². The molecule has 0 aliphatic carbocycles. The second-order valence-electron chi connectivity index (χ2n) is 5.18. The quantitative estimate of drug-likeness (QED) is 0.594. The summed E-state index contributed by atoms with van der Waals surface area (Å²) in [6.45, 7) is -2.13. The number of hydrogen-bond acceptors (Lipinski definition) is 2. The van der Waals surface area contributed by atoms with Crippen LogP contribution < -0.4 is 15.4 Å². The van der Waals surface area contributed by atoms with Crippen LogP contribution >= 0.6 is 0 Å². The second kappa shape index (κ2) is 9.56. The fourth-order valence-electron chi connectivity index (χ4n) is 2.28. The van der Waals surface area contributed by atoms with Gasteiger partial charge in [-0.3, -0.25) is 4.99 Å². The van der Waals surface area contributed by atoms with Crippen molar-refractivity contribution in [2.75, 3.05) is 13.6 Å². The maximum Gasteiger partial charge on any atom is 0.387 e. The maximum absolute atomic E-state index is 13.6. The normalized spacial score (nSPS) is 11.5. The van der Waals surface area contributed by atoms with Crippen LogP contribution in [0.2, 0.25) is 0 Å². The van der Waals surface area contributed by atoms with E-state index in [1.54, 1.807) is 43.4 Å². The molecule has 0 saturated heterocycles. The van der Waals surface area contributed by atoms with Crippen LogP contribution in [0.5, 0.6) is 5.75 Å². The number of nitrogens with zero attached hydrogens (tertiary/aromatic N) is 1. The third-order valence-electron chi connectivity index (χ3n) is 3.50. The molecule has 0 amide bonds. The van der Waals surface area contributed by atoms with Crippen LogP contribution in [0.4, 0.5) is 13.2 Å².